The Bertz CT molecular complexity index is 835. The Hall–Kier alpha value is -2.61. The Morgan fingerprint density at radius 1 is 1.23 bits per heavy atom. The Balaban J connectivity index is 2.08. The summed E-state index contributed by atoms with van der Waals surface area (Å²) in [7, 11) is 3.13. The lowest BCUT2D eigenvalue weighted by Gasteiger charge is -2.12. The summed E-state index contributed by atoms with van der Waals surface area (Å²) in [5.74, 6) is 1.24. The van der Waals surface area contributed by atoms with E-state index < -0.39 is 0 Å². The highest BCUT2D eigenvalue weighted by atomic mass is 35.5. The fourth-order valence-corrected chi connectivity index (χ4v) is 2.39. The fourth-order valence-electron chi connectivity index (χ4n) is 2.17. The minimum atomic E-state index is 0.0878. The maximum absolute atomic E-state index is 6.02. The van der Waals surface area contributed by atoms with Gasteiger partial charge >= 0.3 is 0 Å². The predicted molar refractivity (Wildman–Crippen MR) is 81.2 cm³/mol. The van der Waals surface area contributed by atoms with Gasteiger partial charge in [-0.25, -0.2) is 4.98 Å². The second-order valence-corrected chi connectivity index (χ2v) is 4.77. The van der Waals surface area contributed by atoms with Crippen LogP contribution in [0, 0.1) is 0 Å². The summed E-state index contributed by atoms with van der Waals surface area (Å²) in [5, 5.41) is 0.215. The van der Waals surface area contributed by atoms with Crippen molar-refractivity contribution in [2.75, 3.05) is 20.0 Å². The number of nitrogen functional groups attached to an aromatic ring is 1. The van der Waals surface area contributed by atoms with Gasteiger partial charge in [-0.1, -0.05) is 11.6 Å². The lowest BCUT2D eigenvalue weighted by Crippen LogP contribution is -2.06. The molecule has 0 aliphatic carbocycles. The first-order valence-electron chi connectivity index (χ1n) is 6.33. The molecule has 0 amide bonds. The molecule has 0 radical (unpaired) electrons. The van der Waals surface area contributed by atoms with Crippen molar-refractivity contribution in [3.63, 3.8) is 0 Å². The van der Waals surface area contributed by atoms with Gasteiger partial charge in [-0.2, -0.15) is 9.97 Å². The predicted octanol–water partition coefficient (Wildman–Crippen LogP) is 1.52. The van der Waals surface area contributed by atoms with Crippen LogP contribution in [0.1, 0.15) is 5.69 Å². The highest BCUT2D eigenvalue weighted by Crippen LogP contribution is 2.30. The maximum atomic E-state index is 6.02. The molecule has 0 saturated heterocycles. The number of rotatable bonds is 4. The fraction of sp³-hybridized carbons (Fsp3) is 0.231. The van der Waals surface area contributed by atoms with E-state index in [1.165, 1.54) is 0 Å². The van der Waals surface area contributed by atoms with Crippen LogP contribution in [0.2, 0.25) is 5.15 Å². The first-order valence-corrected chi connectivity index (χ1v) is 6.71. The van der Waals surface area contributed by atoms with Gasteiger partial charge in [0, 0.05) is 12.3 Å². The van der Waals surface area contributed by atoms with Gasteiger partial charge in [-0.3, -0.25) is 4.98 Å². The van der Waals surface area contributed by atoms with Gasteiger partial charge < -0.3 is 19.8 Å². The zero-order chi connectivity index (χ0) is 15.7. The van der Waals surface area contributed by atoms with Gasteiger partial charge in [-0.15, -0.1) is 0 Å². The van der Waals surface area contributed by atoms with E-state index in [0.717, 1.165) is 0 Å². The molecule has 114 valence electrons. The summed E-state index contributed by atoms with van der Waals surface area (Å²) in [6, 6.07) is 1.73. The number of fused-ring (bicyclic) bond motifs is 1. The normalized spacial score (nSPS) is 10.9. The molecule has 2 N–H and O–H groups in total. The molecule has 0 atom stereocenters. The summed E-state index contributed by atoms with van der Waals surface area (Å²) in [6.07, 6.45) is 3.25. The van der Waals surface area contributed by atoms with Crippen LogP contribution >= 0.6 is 11.6 Å². The molecule has 9 heteroatoms. The monoisotopic (exact) mass is 320 g/mol. The van der Waals surface area contributed by atoms with Gasteiger partial charge in [0.15, 0.2) is 22.3 Å². The number of hydrogen-bond acceptors (Lipinski definition) is 7. The van der Waals surface area contributed by atoms with E-state index >= 15 is 0 Å². The SMILES string of the molecule is COc1ccnc(Cn2cnc3c(Cl)nc(N)nc32)c1OC. The van der Waals surface area contributed by atoms with Crippen molar-refractivity contribution in [3.05, 3.63) is 29.4 Å². The van der Waals surface area contributed by atoms with Crippen molar-refractivity contribution in [3.8, 4) is 11.5 Å². The summed E-state index contributed by atoms with van der Waals surface area (Å²) >= 11 is 6.02. The number of hydrogen-bond donors (Lipinski definition) is 1. The van der Waals surface area contributed by atoms with Crippen molar-refractivity contribution in [1.29, 1.82) is 0 Å². The van der Waals surface area contributed by atoms with Crippen LogP contribution in [0.15, 0.2) is 18.6 Å². The Labute approximate surface area is 130 Å². The third-order valence-corrected chi connectivity index (χ3v) is 3.39. The minimum absolute atomic E-state index is 0.0878. The maximum Gasteiger partial charge on any atom is 0.223 e. The van der Waals surface area contributed by atoms with Gasteiger partial charge in [0.1, 0.15) is 11.2 Å². The molecule has 8 nitrogen and oxygen atoms in total. The summed E-state index contributed by atoms with van der Waals surface area (Å²) in [5.41, 5.74) is 7.33. The summed E-state index contributed by atoms with van der Waals surface area (Å²) < 4.78 is 12.4. The van der Waals surface area contributed by atoms with Crippen molar-refractivity contribution >= 4 is 28.7 Å². The van der Waals surface area contributed by atoms with Crippen molar-refractivity contribution in [2.45, 2.75) is 6.54 Å². The molecule has 0 fully saturated rings. The van der Waals surface area contributed by atoms with Gasteiger partial charge in [0.2, 0.25) is 5.95 Å². The Morgan fingerprint density at radius 3 is 2.77 bits per heavy atom. The molecule has 22 heavy (non-hydrogen) atoms. The van der Waals surface area contributed by atoms with Crippen LogP contribution in [-0.2, 0) is 6.54 Å². The van der Waals surface area contributed by atoms with E-state index in [1.54, 1.807) is 37.4 Å². The van der Waals surface area contributed by atoms with E-state index in [1.807, 2.05) is 0 Å². The number of nitrogens with two attached hydrogens (primary N) is 1. The van der Waals surface area contributed by atoms with Crippen LogP contribution < -0.4 is 15.2 Å². The number of imidazole rings is 1. The first-order chi connectivity index (χ1) is 10.6. The van der Waals surface area contributed by atoms with Gasteiger partial charge in [-0.05, 0) is 0 Å². The average molecular weight is 321 g/mol. The topological polar surface area (TPSA) is 101 Å². The number of anilines is 1. The zero-order valence-corrected chi connectivity index (χ0v) is 12.7. The molecular weight excluding hydrogens is 308 g/mol. The van der Waals surface area contributed by atoms with Crippen molar-refractivity contribution < 1.29 is 9.47 Å². The van der Waals surface area contributed by atoms with Crippen molar-refractivity contribution in [1.82, 2.24) is 24.5 Å². The van der Waals surface area contributed by atoms with Crippen LogP contribution in [-0.4, -0.2) is 38.7 Å². The van der Waals surface area contributed by atoms with Crippen LogP contribution in [0.5, 0.6) is 11.5 Å². The molecule has 3 rings (SSSR count). The van der Waals surface area contributed by atoms with E-state index in [9.17, 15) is 0 Å². The number of ether oxygens (including phenoxy) is 2. The summed E-state index contributed by atoms with van der Waals surface area (Å²) in [4.78, 5) is 16.6. The molecule has 3 aromatic heterocycles. The quantitative estimate of drug-likeness (QED) is 0.727. The Kier molecular flexibility index (Phi) is 3.68. The van der Waals surface area contributed by atoms with Crippen LogP contribution in [0.4, 0.5) is 5.95 Å². The Morgan fingerprint density at radius 2 is 2.05 bits per heavy atom. The second-order valence-electron chi connectivity index (χ2n) is 4.41. The number of halogens is 1. The molecule has 3 aromatic rings. The van der Waals surface area contributed by atoms with E-state index in [0.29, 0.717) is 34.9 Å². The molecule has 0 aliphatic rings. The second kappa shape index (κ2) is 5.64. The average Bonchev–Trinajstić information content (AvgIpc) is 2.90. The van der Waals surface area contributed by atoms with Crippen LogP contribution in [0.25, 0.3) is 11.2 Å². The molecule has 0 aliphatic heterocycles. The third-order valence-electron chi connectivity index (χ3n) is 3.12. The minimum Gasteiger partial charge on any atom is -0.493 e. The van der Waals surface area contributed by atoms with E-state index in [2.05, 4.69) is 19.9 Å². The first kappa shape index (κ1) is 14.3. The largest absolute Gasteiger partial charge is 0.493 e. The highest BCUT2D eigenvalue weighted by Gasteiger charge is 2.15. The number of methoxy groups -OCH3 is 2. The molecule has 0 unspecified atom stereocenters. The zero-order valence-electron chi connectivity index (χ0n) is 11.9. The van der Waals surface area contributed by atoms with E-state index in [-0.39, 0.29) is 11.1 Å². The smallest absolute Gasteiger partial charge is 0.223 e. The third kappa shape index (κ3) is 2.37. The van der Waals surface area contributed by atoms with E-state index in [4.69, 9.17) is 26.8 Å². The molecule has 0 aromatic carbocycles. The summed E-state index contributed by atoms with van der Waals surface area (Å²) in [6.45, 7) is 0.379. The van der Waals surface area contributed by atoms with Crippen LogP contribution in [0.3, 0.4) is 0 Å². The number of nitrogens with zero attached hydrogens (tertiary/aromatic N) is 5. The molecule has 3 heterocycles. The molecule has 0 spiro atoms. The molecule has 0 saturated carbocycles. The lowest BCUT2D eigenvalue weighted by molar-refractivity contribution is 0.348. The standard InChI is InChI=1S/C13H13ClN6O2/c1-21-8-3-4-16-7(10(8)22-2)5-20-6-17-9-11(14)18-13(15)19-12(9)20/h3-4,6H,5H2,1-2H3,(H2,15,18,19). The number of pyridine rings is 1. The van der Waals surface area contributed by atoms with Crippen molar-refractivity contribution in [2.24, 2.45) is 0 Å². The number of aromatic nitrogens is 5. The molecular formula is C13H13ClN6O2. The van der Waals surface area contributed by atoms with Gasteiger partial charge in [0.25, 0.3) is 0 Å². The lowest BCUT2D eigenvalue weighted by atomic mass is 10.3. The highest BCUT2D eigenvalue weighted by molar-refractivity contribution is 6.33. The van der Waals surface area contributed by atoms with Gasteiger partial charge in [0.05, 0.1) is 27.1 Å². The molecule has 0 bridgehead atoms.